The first-order valence-corrected chi connectivity index (χ1v) is 19.0. The van der Waals surface area contributed by atoms with Crippen LogP contribution in [0.4, 0.5) is 0 Å². The van der Waals surface area contributed by atoms with Crippen LogP contribution in [0.1, 0.15) is 71.7 Å². The summed E-state index contributed by atoms with van der Waals surface area (Å²) in [5.74, 6) is -0.670. The van der Waals surface area contributed by atoms with Gasteiger partial charge in [-0.05, 0) is 68.2 Å². The Labute approximate surface area is 286 Å². The zero-order chi connectivity index (χ0) is 34.8. The number of hydrogen-bond donors (Lipinski definition) is 2. The van der Waals surface area contributed by atoms with Crippen molar-refractivity contribution in [3.63, 3.8) is 0 Å². The first-order valence-electron chi connectivity index (χ1n) is 16.7. The fraction of sp³-hybridized carbons (Fsp3) is 0.636. The summed E-state index contributed by atoms with van der Waals surface area (Å²) in [6, 6.07) is 6.90. The number of carbonyl (C=O) groups excluding carboxylic acids is 3. The van der Waals surface area contributed by atoms with E-state index in [0.29, 0.717) is 43.8 Å². The molecule has 0 saturated carbocycles. The van der Waals surface area contributed by atoms with E-state index in [1.807, 2.05) is 63.8 Å². The number of hydroxylamine groups is 2. The number of aromatic nitrogens is 1. The molecule has 3 fully saturated rings. The summed E-state index contributed by atoms with van der Waals surface area (Å²) in [5.41, 5.74) is 0.572. The van der Waals surface area contributed by atoms with E-state index >= 15 is 0 Å². The van der Waals surface area contributed by atoms with E-state index in [2.05, 4.69) is 14.4 Å². The number of phosphoric ester groups is 1. The molecule has 4 atom stereocenters. The molecule has 3 saturated heterocycles. The molecule has 0 radical (unpaired) electrons. The molecule has 15 heteroatoms. The summed E-state index contributed by atoms with van der Waals surface area (Å²) in [4.78, 5) is 76.8. The Morgan fingerprint density at radius 2 is 1.92 bits per heavy atom. The van der Waals surface area contributed by atoms with Crippen molar-refractivity contribution in [2.24, 2.45) is 11.3 Å². The average Bonchev–Trinajstić information content (AvgIpc) is 3.64. The smallest absolute Gasteiger partial charge is 0.333 e. The Morgan fingerprint density at radius 1 is 1.17 bits per heavy atom. The summed E-state index contributed by atoms with van der Waals surface area (Å²) >= 11 is 1.48. The Balaban J connectivity index is 1.38. The van der Waals surface area contributed by atoms with Crippen molar-refractivity contribution >= 4 is 53.2 Å². The van der Waals surface area contributed by atoms with Crippen LogP contribution in [0, 0.1) is 11.3 Å². The SMILES string of the molecule is CC(C)C[C@H]1ON(C(=O)/C=C/c2nc3ccccc3s2)[C@H]2CN([C@H]3CCN(CCCCOP(=O)(O)O)C3)C(=O)[C@H](CC(C)(C)C)N2C1=O. The minimum atomic E-state index is -4.49. The lowest BCUT2D eigenvalue weighted by atomic mass is 9.85. The van der Waals surface area contributed by atoms with E-state index in [1.54, 1.807) is 11.0 Å². The highest BCUT2D eigenvalue weighted by molar-refractivity contribution is 7.46. The minimum Gasteiger partial charge on any atom is -0.333 e. The van der Waals surface area contributed by atoms with E-state index in [1.165, 1.54) is 22.5 Å². The highest BCUT2D eigenvalue weighted by Crippen LogP contribution is 2.37. The summed E-state index contributed by atoms with van der Waals surface area (Å²) in [7, 11) is -4.49. The lowest BCUT2D eigenvalue weighted by molar-refractivity contribution is -0.275. The molecule has 13 nitrogen and oxygen atoms in total. The molecule has 1 aromatic carbocycles. The van der Waals surface area contributed by atoms with Crippen LogP contribution < -0.4 is 0 Å². The number of fused-ring (bicyclic) bond motifs is 2. The van der Waals surface area contributed by atoms with Crippen LogP contribution in [-0.2, 0) is 28.3 Å². The summed E-state index contributed by atoms with van der Waals surface area (Å²) in [5, 5.41) is 1.99. The first kappa shape index (κ1) is 36.6. The monoisotopic (exact) mass is 705 g/mol. The largest absolute Gasteiger partial charge is 0.469 e. The number of rotatable bonds is 12. The molecule has 2 aromatic rings. The Kier molecular flexibility index (Phi) is 11.5. The van der Waals surface area contributed by atoms with E-state index in [9.17, 15) is 18.9 Å². The molecule has 3 aliphatic rings. The van der Waals surface area contributed by atoms with Crippen molar-refractivity contribution in [1.29, 1.82) is 0 Å². The van der Waals surface area contributed by atoms with Gasteiger partial charge in [0.2, 0.25) is 5.91 Å². The number of nitrogens with zero attached hydrogens (tertiary/aromatic N) is 5. The number of thiazole rings is 1. The molecule has 2 N–H and O–H groups in total. The van der Waals surface area contributed by atoms with E-state index in [0.717, 1.165) is 23.2 Å². The number of para-hydroxylation sites is 1. The van der Waals surface area contributed by atoms with Crippen LogP contribution in [0.5, 0.6) is 0 Å². The third kappa shape index (κ3) is 9.09. The second-order valence-electron chi connectivity index (χ2n) is 14.5. The lowest BCUT2D eigenvalue weighted by Gasteiger charge is -2.54. The molecule has 3 amide bonds. The van der Waals surface area contributed by atoms with Crippen LogP contribution >= 0.6 is 19.2 Å². The number of piperazine rings is 1. The van der Waals surface area contributed by atoms with Crippen molar-refractivity contribution in [3.05, 3.63) is 35.3 Å². The van der Waals surface area contributed by atoms with Gasteiger partial charge in [-0.2, -0.15) is 5.06 Å². The first-order chi connectivity index (χ1) is 22.6. The maximum Gasteiger partial charge on any atom is 0.469 e. The van der Waals surface area contributed by atoms with Gasteiger partial charge in [0.05, 0.1) is 23.4 Å². The van der Waals surface area contributed by atoms with E-state index in [-0.39, 0.29) is 42.3 Å². The fourth-order valence-electron chi connectivity index (χ4n) is 6.71. The molecular formula is C33H48N5O8PS. The third-order valence-corrected chi connectivity index (χ3v) is 10.4. The van der Waals surface area contributed by atoms with Gasteiger partial charge >= 0.3 is 7.82 Å². The Morgan fingerprint density at radius 3 is 2.60 bits per heavy atom. The maximum atomic E-state index is 14.3. The Bertz CT molecular complexity index is 1520. The molecule has 48 heavy (non-hydrogen) atoms. The number of carbonyl (C=O) groups is 3. The highest BCUT2D eigenvalue weighted by atomic mass is 32.1. The molecular weight excluding hydrogens is 657 g/mol. The predicted octanol–water partition coefficient (Wildman–Crippen LogP) is 4.26. The van der Waals surface area contributed by atoms with Gasteiger partial charge < -0.3 is 24.5 Å². The van der Waals surface area contributed by atoms with Gasteiger partial charge in [-0.25, -0.2) is 9.55 Å². The highest BCUT2D eigenvalue weighted by Gasteiger charge is 2.54. The second kappa shape index (κ2) is 15.0. The van der Waals surface area contributed by atoms with Gasteiger partial charge in [-0.1, -0.05) is 46.8 Å². The number of benzene rings is 1. The lowest BCUT2D eigenvalue weighted by Crippen LogP contribution is -2.74. The molecule has 5 rings (SSSR count). The minimum absolute atomic E-state index is 0.0265. The van der Waals surface area contributed by atoms with Crippen molar-refractivity contribution in [2.45, 2.75) is 91.1 Å². The van der Waals surface area contributed by atoms with Crippen LogP contribution in [0.3, 0.4) is 0 Å². The zero-order valence-corrected chi connectivity index (χ0v) is 30.1. The van der Waals surface area contributed by atoms with Gasteiger partial charge in [0.1, 0.15) is 11.0 Å². The average molecular weight is 706 g/mol. The van der Waals surface area contributed by atoms with Crippen LogP contribution in [0.15, 0.2) is 30.3 Å². The van der Waals surface area contributed by atoms with Gasteiger partial charge in [0.15, 0.2) is 12.3 Å². The van der Waals surface area contributed by atoms with Crippen molar-refractivity contribution in [2.75, 3.05) is 32.8 Å². The maximum absolute atomic E-state index is 14.3. The van der Waals surface area contributed by atoms with Crippen molar-refractivity contribution in [3.8, 4) is 0 Å². The van der Waals surface area contributed by atoms with Crippen LogP contribution in [0.25, 0.3) is 16.3 Å². The molecule has 0 aliphatic carbocycles. The topological polar surface area (TPSA) is 153 Å². The summed E-state index contributed by atoms with van der Waals surface area (Å²) in [6.07, 6.45) is 4.18. The number of unbranched alkanes of at least 4 members (excludes halogenated alkanes) is 1. The number of likely N-dealkylation sites (tertiary alicyclic amines) is 1. The van der Waals surface area contributed by atoms with Gasteiger partial charge in [-0.15, -0.1) is 11.3 Å². The van der Waals surface area contributed by atoms with Crippen molar-refractivity contribution < 1.29 is 38.1 Å². The number of phosphoric acid groups is 1. The number of hydrogen-bond acceptors (Lipinski definition) is 9. The third-order valence-electron chi connectivity index (χ3n) is 8.83. The second-order valence-corrected chi connectivity index (χ2v) is 16.8. The number of amides is 3. The molecule has 3 aliphatic heterocycles. The van der Waals surface area contributed by atoms with Gasteiger partial charge in [-0.3, -0.25) is 23.7 Å². The zero-order valence-electron chi connectivity index (χ0n) is 28.4. The van der Waals surface area contributed by atoms with Crippen LogP contribution in [-0.4, -0.2) is 109 Å². The molecule has 264 valence electrons. The Hall–Kier alpha value is -2.71. The van der Waals surface area contributed by atoms with Crippen molar-refractivity contribution in [1.82, 2.24) is 24.7 Å². The van der Waals surface area contributed by atoms with E-state index in [4.69, 9.17) is 14.6 Å². The molecule has 4 heterocycles. The van der Waals surface area contributed by atoms with E-state index < -0.39 is 32.0 Å². The molecule has 0 spiro atoms. The predicted molar refractivity (Wildman–Crippen MR) is 182 cm³/mol. The molecule has 0 unspecified atom stereocenters. The fourth-order valence-corrected chi connectivity index (χ4v) is 7.95. The normalized spacial score (nSPS) is 24.5. The molecule has 1 aromatic heterocycles. The molecule has 0 bridgehead atoms. The van der Waals surface area contributed by atoms with Gasteiger partial charge in [0.25, 0.3) is 11.8 Å². The quantitative estimate of drug-likeness (QED) is 0.186. The van der Waals surface area contributed by atoms with Gasteiger partial charge in [0, 0.05) is 25.2 Å². The van der Waals surface area contributed by atoms with Crippen LogP contribution in [0.2, 0.25) is 0 Å². The summed E-state index contributed by atoms with van der Waals surface area (Å²) < 4.78 is 16.5. The summed E-state index contributed by atoms with van der Waals surface area (Å²) in [6.45, 7) is 12.3. The standard InChI is InChI=1S/C33H48N5O8PS/c1-22(2)18-26-32(41)37-25(19-33(3,4)5)31(40)36(23-14-16-35(20-23)15-8-9-17-45-47(42,43)44)21-29(37)38(46-26)30(39)13-12-28-34-24-10-6-7-11-27(24)48-28/h6-7,10-13,22-23,25-26,29H,8-9,14-21H2,1-5H3,(H2,42,43,44)/b13-12+/t23-,25-,26+,29-/m0/s1.